The van der Waals surface area contributed by atoms with Crippen LogP contribution in [-0.2, 0) is 19.6 Å². The maximum absolute atomic E-state index is 12.8. The number of amides is 1. The Labute approximate surface area is 172 Å². The number of aliphatic hydroxyl groups excluding tert-OH is 1. The molecule has 2 fully saturated rings. The predicted octanol–water partition coefficient (Wildman–Crippen LogP) is 1.28. The Morgan fingerprint density at radius 2 is 1.97 bits per heavy atom. The molecule has 2 saturated heterocycles. The molecule has 0 radical (unpaired) electrons. The van der Waals surface area contributed by atoms with Gasteiger partial charge in [0.1, 0.15) is 10.6 Å². The quantitative estimate of drug-likeness (QED) is 0.681. The van der Waals surface area contributed by atoms with Crippen LogP contribution in [0, 0.1) is 0 Å². The molecule has 0 unspecified atom stereocenters. The minimum Gasteiger partial charge on any atom is -0.495 e. The van der Waals surface area contributed by atoms with E-state index in [0.717, 1.165) is 32.4 Å². The third-order valence-corrected chi connectivity index (χ3v) is 7.10. The number of likely N-dealkylation sites (tertiary alicyclic amines) is 1. The van der Waals surface area contributed by atoms with Gasteiger partial charge in [-0.15, -0.1) is 0 Å². The van der Waals surface area contributed by atoms with Gasteiger partial charge >= 0.3 is 0 Å². The highest BCUT2D eigenvalue weighted by Gasteiger charge is 2.36. The number of nitrogens with one attached hydrogen (secondary N) is 1. The van der Waals surface area contributed by atoms with Gasteiger partial charge in [-0.25, -0.2) is 13.1 Å². The van der Waals surface area contributed by atoms with Crippen molar-refractivity contribution in [1.82, 2.24) is 9.62 Å². The minimum absolute atomic E-state index is 0.0431. The first-order chi connectivity index (χ1) is 13.9. The number of sulfonamides is 1. The number of benzene rings is 1. The largest absolute Gasteiger partial charge is 0.495 e. The maximum Gasteiger partial charge on any atom is 0.244 e. The van der Waals surface area contributed by atoms with Crippen LogP contribution < -0.4 is 9.46 Å². The van der Waals surface area contributed by atoms with Gasteiger partial charge in [0, 0.05) is 13.1 Å². The minimum atomic E-state index is -3.84. The van der Waals surface area contributed by atoms with Crippen LogP contribution in [0.5, 0.6) is 5.75 Å². The van der Waals surface area contributed by atoms with E-state index in [2.05, 4.69) is 4.72 Å². The average Bonchev–Trinajstić information content (AvgIpc) is 2.75. The van der Waals surface area contributed by atoms with Gasteiger partial charge < -0.3 is 19.5 Å². The summed E-state index contributed by atoms with van der Waals surface area (Å²) < 4.78 is 39.3. The molecule has 3 rings (SSSR count). The monoisotopic (exact) mass is 426 g/mol. The van der Waals surface area contributed by atoms with Crippen molar-refractivity contribution >= 4 is 15.9 Å². The number of nitrogens with zero attached hydrogens (tertiary/aromatic N) is 1. The van der Waals surface area contributed by atoms with Crippen molar-refractivity contribution in [3.8, 4) is 5.75 Å². The number of hydrogen-bond acceptors (Lipinski definition) is 6. The molecule has 0 aliphatic carbocycles. The van der Waals surface area contributed by atoms with Crippen molar-refractivity contribution in [1.29, 1.82) is 0 Å². The summed E-state index contributed by atoms with van der Waals surface area (Å²) in [7, 11) is -2.43. The molecule has 2 aliphatic heterocycles. The SMILES string of the molecule is COc1ccccc1S(=O)(=O)N[C@H]1CC[C@@H](CC(=O)N2CCCCC2)O[C@@H]1CO. The van der Waals surface area contributed by atoms with E-state index in [4.69, 9.17) is 9.47 Å². The molecule has 0 spiro atoms. The number of hydrogen-bond donors (Lipinski definition) is 2. The molecule has 2 aliphatic rings. The average molecular weight is 427 g/mol. The molecule has 1 amide bonds. The molecule has 1 aromatic rings. The Balaban J connectivity index is 1.61. The second kappa shape index (κ2) is 9.88. The zero-order valence-electron chi connectivity index (χ0n) is 16.7. The molecular weight excluding hydrogens is 396 g/mol. The predicted molar refractivity (Wildman–Crippen MR) is 107 cm³/mol. The third kappa shape index (κ3) is 5.48. The highest BCUT2D eigenvalue weighted by atomic mass is 32.2. The van der Waals surface area contributed by atoms with E-state index in [1.165, 1.54) is 13.2 Å². The van der Waals surface area contributed by atoms with Gasteiger partial charge in [0.15, 0.2) is 0 Å². The van der Waals surface area contributed by atoms with Gasteiger partial charge in [-0.3, -0.25) is 4.79 Å². The number of ether oxygens (including phenoxy) is 2. The van der Waals surface area contributed by atoms with E-state index < -0.39 is 22.2 Å². The van der Waals surface area contributed by atoms with Crippen molar-refractivity contribution in [3.63, 3.8) is 0 Å². The fraction of sp³-hybridized carbons (Fsp3) is 0.650. The molecule has 8 nitrogen and oxygen atoms in total. The van der Waals surface area contributed by atoms with Crippen molar-refractivity contribution in [2.24, 2.45) is 0 Å². The fourth-order valence-electron chi connectivity index (χ4n) is 3.99. The number of para-hydroxylation sites is 1. The van der Waals surface area contributed by atoms with Crippen LogP contribution in [0.4, 0.5) is 0 Å². The number of aliphatic hydroxyl groups is 1. The van der Waals surface area contributed by atoms with Crippen LogP contribution in [0.1, 0.15) is 38.5 Å². The number of carbonyl (C=O) groups is 1. The van der Waals surface area contributed by atoms with Crippen molar-refractivity contribution in [2.75, 3.05) is 26.8 Å². The molecule has 1 aromatic carbocycles. The van der Waals surface area contributed by atoms with E-state index in [0.29, 0.717) is 12.8 Å². The van der Waals surface area contributed by atoms with Gasteiger partial charge in [-0.2, -0.15) is 0 Å². The molecule has 29 heavy (non-hydrogen) atoms. The maximum atomic E-state index is 12.8. The molecule has 2 N–H and O–H groups in total. The highest BCUT2D eigenvalue weighted by Crippen LogP contribution is 2.27. The van der Waals surface area contributed by atoms with Crippen molar-refractivity contribution in [3.05, 3.63) is 24.3 Å². The second-order valence-corrected chi connectivity index (χ2v) is 9.26. The Bertz CT molecular complexity index is 794. The van der Waals surface area contributed by atoms with E-state index >= 15 is 0 Å². The van der Waals surface area contributed by atoms with Gasteiger partial charge in [0.05, 0.1) is 38.4 Å². The molecular formula is C20H30N2O6S. The topological polar surface area (TPSA) is 105 Å². The Morgan fingerprint density at radius 3 is 2.66 bits per heavy atom. The van der Waals surface area contributed by atoms with Crippen LogP contribution >= 0.6 is 0 Å². The van der Waals surface area contributed by atoms with Crippen molar-refractivity contribution in [2.45, 2.75) is 61.7 Å². The van der Waals surface area contributed by atoms with Crippen LogP contribution in [-0.4, -0.2) is 69.4 Å². The Hall–Kier alpha value is -1.68. The summed E-state index contributed by atoms with van der Waals surface area (Å²) in [5.41, 5.74) is 0. The Morgan fingerprint density at radius 1 is 1.24 bits per heavy atom. The standard InChI is InChI=1S/C20H30N2O6S/c1-27-17-7-3-4-8-19(17)29(25,26)21-16-10-9-15(28-18(16)14-23)13-20(24)22-11-5-2-6-12-22/h3-4,7-8,15-16,18,21,23H,2,5-6,9-14H2,1H3/t15-,16-,18+/m0/s1. The lowest BCUT2D eigenvalue weighted by atomic mass is 9.97. The molecule has 0 aromatic heterocycles. The summed E-state index contributed by atoms with van der Waals surface area (Å²) in [6, 6.07) is 5.80. The van der Waals surface area contributed by atoms with Crippen LogP contribution in [0.25, 0.3) is 0 Å². The van der Waals surface area contributed by atoms with Gasteiger partial charge in [-0.1, -0.05) is 12.1 Å². The van der Waals surface area contributed by atoms with Gasteiger partial charge in [0.2, 0.25) is 15.9 Å². The highest BCUT2D eigenvalue weighted by molar-refractivity contribution is 7.89. The molecule has 0 saturated carbocycles. The van der Waals surface area contributed by atoms with E-state index in [-0.39, 0.29) is 35.7 Å². The van der Waals surface area contributed by atoms with Crippen LogP contribution in [0.15, 0.2) is 29.2 Å². The summed E-state index contributed by atoms with van der Waals surface area (Å²) in [4.78, 5) is 14.4. The van der Waals surface area contributed by atoms with Gasteiger partial charge in [-0.05, 0) is 44.2 Å². The van der Waals surface area contributed by atoms with E-state index in [1.54, 1.807) is 18.2 Å². The second-order valence-electron chi connectivity index (χ2n) is 7.58. The smallest absolute Gasteiger partial charge is 0.244 e. The normalized spacial score (nSPS) is 25.6. The molecule has 3 atom stereocenters. The molecule has 162 valence electrons. The lowest BCUT2D eigenvalue weighted by molar-refractivity contribution is -0.140. The van der Waals surface area contributed by atoms with Gasteiger partial charge in [0.25, 0.3) is 0 Å². The third-order valence-electron chi connectivity index (χ3n) is 5.57. The number of carbonyl (C=O) groups excluding carboxylic acids is 1. The first kappa shape index (κ1) is 22.0. The molecule has 0 bridgehead atoms. The van der Waals surface area contributed by atoms with E-state index in [1.807, 2.05) is 4.90 Å². The lowest BCUT2D eigenvalue weighted by Gasteiger charge is -2.37. The zero-order valence-corrected chi connectivity index (χ0v) is 17.6. The van der Waals surface area contributed by atoms with Crippen LogP contribution in [0.3, 0.4) is 0 Å². The first-order valence-electron chi connectivity index (χ1n) is 10.1. The van der Waals surface area contributed by atoms with Crippen molar-refractivity contribution < 1.29 is 27.8 Å². The van der Waals surface area contributed by atoms with Crippen LogP contribution in [0.2, 0.25) is 0 Å². The first-order valence-corrected chi connectivity index (χ1v) is 11.6. The summed E-state index contributed by atoms with van der Waals surface area (Å²) in [5.74, 6) is 0.321. The number of piperidine rings is 1. The molecule has 9 heteroatoms. The summed E-state index contributed by atoms with van der Waals surface area (Å²) in [5, 5.41) is 9.75. The zero-order chi connectivity index (χ0) is 20.9. The summed E-state index contributed by atoms with van der Waals surface area (Å²) >= 11 is 0. The summed E-state index contributed by atoms with van der Waals surface area (Å²) in [6.45, 7) is 1.25. The van der Waals surface area contributed by atoms with E-state index in [9.17, 15) is 18.3 Å². The number of rotatable bonds is 7. The molecule has 2 heterocycles. The number of methoxy groups -OCH3 is 1. The Kier molecular flexibility index (Phi) is 7.50. The lowest BCUT2D eigenvalue weighted by Crippen LogP contribution is -2.51. The fourth-order valence-corrected chi connectivity index (χ4v) is 5.46. The summed E-state index contributed by atoms with van der Waals surface area (Å²) in [6.07, 6.45) is 3.51.